The third kappa shape index (κ3) is 5.75. The van der Waals surface area contributed by atoms with Gasteiger partial charge in [0.25, 0.3) is 0 Å². The second kappa shape index (κ2) is 7.79. The van der Waals surface area contributed by atoms with Crippen LogP contribution in [0.4, 0.5) is 0 Å². The number of para-hydroxylation sites is 1. The zero-order valence-corrected chi connectivity index (χ0v) is 11.8. The number of carboxylic acids is 1. The van der Waals surface area contributed by atoms with Gasteiger partial charge in [-0.1, -0.05) is 32.0 Å². The SMILES string of the molecule is Cc1ccccc1OCCNC(CC(C)C)C(=O)O. The van der Waals surface area contributed by atoms with Crippen LogP contribution in [-0.2, 0) is 4.79 Å². The third-order valence-corrected chi connectivity index (χ3v) is 2.85. The van der Waals surface area contributed by atoms with Crippen molar-refractivity contribution in [2.75, 3.05) is 13.2 Å². The van der Waals surface area contributed by atoms with Crippen molar-refractivity contribution in [2.24, 2.45) is 5.92 Å². The van der Waals surface area contributed by atoms with Crippen LogP contribution < -0.4 is 10.1 Å². The molecule has 0 heterocycles. The molecular formula is C15H23NO3. The number of hydrogen-bond acceptors (Lipinski definition) is 3. The largest absolute Gasteiger partial charge is 0.492 e. The average Bonchev–Trinajstić information content (AvgIpc) is 2.34. The number of nitrogens with one attached hydrogen (secondary N) is 1. The minimum absolute atomic E-state index is 0.353. The van der Waals surface area contributed by atoms with Crippen LogP contribution in [0.1, 0.15) is 25.8 Å². The highest BCUT2D eigenvalue weighted by Crippen LogP contribution is 2.15. The number of hydrogen-bond donors (Lipinski definition) is 2. The molecule has 0 aromatic heterocycles. The van der Waals surface area contributed by atoms with Crippen LogP contribution in [0.2, 0.25) is 0 Å². The first-order chi connectivity index (χ1) is 9.00. The molecule has 106 valence electrons. The lowest BCUT2D eigenvalue weighted by atomic mass is 10.0. The van der Waals surface area contributed by atoms with Crippen molar-refractivity contribution >= 4 is 5.97 Å². The number of carbonyl (C=O) groups is 1. The molecule has 1 aromatic rings. The van der Waals surface area contributed by atoms with Crippen molar-refractivity contribution < 1.29 is 14.6 Å². The van der Waals surface area contributed by atoms with Crippen molar-refractivity contribution in [2.45, 2.75) is 33.2 Å². The highest BCUT2D eigenvalue weighted by atomic mass is 16.5. The lowest BCUT2D eigenvalue weighted by Gasteiger charge is -2.17. The fourth-order valence-electron chi connectivity index (χ4n) is 1.86. The Morgan fingerprint density at radius 3 is 2.63 bits per heavy atom. The quantitative estimate of drug-likeness (QED) is 0.709. The first-order valence-corrected chi connectivity index (χ1v) is 6.65. The zero-order chi connectivity index (χ0) is 14.3. The third-order valence-electron chi connectivity index (χ3n) is 2.85. The molecule has 0 aliphatic carbocycles. The molecule has 0 radical (unpaired) electrons. The summed E-state index contributed by atoms with van der Waals surface area (Å²) < 4.78 is 5.62. The molecule has 1 rings (SSSR count). The summed E-state index contributed by atoms with van der Waals surface area (Å²) in [5, 5.41) is 12.1. The molecule has 0 aliphatic rings. The molecule has 0 amide bonds. The Bertz CT molecular complexity index is 404. The first-order valence-electron chi connectivity index (χ1n) is 6.65. The molecule has 2 N–H and O–H groups in total. The van der Waals surface area contributed by atoms with Crippen molar-refractivity contribution in [1.82, 2.24) is 5.32 Å². The molecular weight excluding hydrogens is 242 g/mol. The van der Waals surface area contributed by atoms with E-state index in [4.69, 9.17) is 9.84 Å². The van der Waals surface area contributed by atoms with Crippen LogP contribution in [0.3, 0.4) is 0 Å². The molecule has 19 heavy (non-hydrogen) atoms. The summed E-state index contributed by atoms with van der Waals surface area (Å²) in [5.41, 5.74) is 1.08. The van der Waals surface area contributed by atoms with E-state index in [0.717, 1.165) is 11.3 Å². The molecule has 4 nitrogen and oxygen atoms in total. The van der Waals surface area contributed by atoms with Crippen molar-refractivity contribution in [3.05, 3.63) is 29.8 Å². The lowest BCUT2D eigenvalue weighted by Crippen LogP contribution is -2.39. The maximum atomic E-state index is 11.0. The Hall–Kier alpha value is -1.55. The van der Waals surface area contributed by atoms with Gasteiger partial charge in [-0.2, -0.15) is 0 Å². The molecule has 0 bridgehead atoms. The Labute approximate surface area is 114 Å². The van der Waals surface area contributed by atoms with E-state index in [9.17, 15) is 4.79 Å². The van der Waals surface area contributed by atoms with Crippen LogP contribution in [0, 0.1) is 12.8 Å². The van der Waals surface area contributed by atoms with E-state index >= 15 is 0 Å². The summed E-state index contributed by atoms with van der Waals surface area (Å²) in [4.78, 5) is 11.0. The molecule has 0 saturated carbocycles. The van der Waals surface area contributed by atoms with E-state index < -0.39 is 12.0 Å². The number of ether oxygens (including phenoxy) is 1. The second-order valence-electron chi connectivity index (χ2n) is 5.09. The van der Waals surface area contributed by atoms with Crippen LogP contribution >= 0.6 is 0 Å². The Morgan fingerprint density at radius 1 is 1.37 bits per heavy atom. The van der Waals surface area contributed by atoms with Gasteiger partial charge in [0.15, 0.2) is 0 Å². The number of carboxylic acid groups (broad SMARTS) is 1. The van der Waals surface area contributed by atoms with Gasteiger partial charge in [-0.05, 0) is 30.9 Å². The minimum Gasteiger partial charge on any atom is -0.492 e. The van der Waals surface area contributed by atoms with Gasteiger partial charge in [0.1, 0.15) is 18.4 Å². The van der Waals surface area contributed by atoms with Crippen molar-refractivity contribution in [1.29, 1.82) is 0 Å². The fourth-order valence-corrected chi connectivity index (χ4v) is 1.86. The fraction of sp³-hybridized carbons (Fsp3) is 0.533. The Balaban J connectivity index is 2.33. The minimum atomic E-state index is -0.801. The number of aryl methyl sites for hydroxylation is 1. The lowest BCUT2D eigenvalue weighted by molar-refractivity contribution is -0.139. The molecule has 0 fully saturated rings. The van der Waals surface area contributed by atoms with Gasteiger partial charge in [-0.3, -0.25) is 4.79 Å². The van der Waals surface area contributed by atoms with E-state index in [-0.39, 0.29) is 0 Å². The highest BCUT2D eigenvalue weighted by Gasteiger charge is 2.17. The van der Waals surface area contributed by atoms with Crippen LogP contribution in [0.5, 0.6) is 5.75 Å². The van der Waals surface area contributed by atoms with Crippen LogP contribution in [0.15, 0.2) is 24.3 Å². The molecule has 0 spiro atoms. The summed E-state index contributed by atoms with van der Waals surface area (Å²) in [6.45, 7) is 7.01. The van der Waals surface area contributed by atoms with Gasteiger partial charge >= 0.3 is 5.97 Å². The molecule has 0 saturated heterocycles. The first kappa shape index (κ1) is 15.5. The predicted octanol–water partition coefficient (Wildman–Crippen LogP) is 2.46. The van der Waals surface area contributed by atoms with Gasteiger partial charge in [0, 0.05) is 6.54 Å². The maximum Gasteiger partial charge on any atom is 0.320 e. The van der Waals surface area contributed by atoms with Gasteiger partial charge in [0.05, 0.1) is 0 Å². The normalized spacial score (nSPS) is 12.4. The Kier molecular flexibility index (Phi) is 6.36. The summed E-state index contributed by atoms with van der Waals surface area (Å²) in [6.07, 6.45) is 0.625. The van der Waals surface area contributed by atoms with E-state index in [1.54, 1.807) is 0 Å². The van der Waals surface area contributed by atoms with Gasteiger partial charge in [-0.15, -0.1) is 0 Å². The number of rotatable bonds is 8. The molecule has 4 heteroatoms. The second-order valence-corrected chi connectivity index (χ2v) is 5.09. The van der Waals surface area contributed by atoms with E-state index in [0.29, 0.717) is 25.5 Å². The van der Waals surface area contributed by atoms with Crippen LogP contribution in [-0.4, -0.2) is 30.3 Å². The molecule has 1 aromatic carbocycles. The summed E-state index contributed by atoms with van der Waals surface area (Å²) in [6, 6.07) is 7.29. The van der Waals surface area contributed by atoms with Gasteiger partial charge < -0.3 is 15.2 Å². The van der Waals surface area contributed by atoms with E-state index in [2.05, 4.69) is 5.32 Å². The number of aliphatic carboxylic acids is 1. The van der Waals surface area contributed by atoms with Gasteiger partial charge in [-0.25, -0.2) is 0 Å². The topological polar surface area (TPSA) is 58.6 Å². The summed E-state index contributed by atoms with van der Waals surface area (Å²) >= 11 is 0. The highest BCUT2D eigenvalue weighted by molar-refractivity contribution is 5.73. The van der Waals surface area contributed by atoms with E-state index in [1.807, 2.05) is 45.0 Å². The van der Waals surface area contributed by atoms with Crippen molar-refractivity contribution in [3.63, 3.8) is 0 Å². The smallest absolute Gasteiger partial charge is 0.320 e. The van der Waals surface area contributed by atoms with E-state index in [1.165, 1.54) is 0 Å². The molecule has 1 unspecified atom stereocenters. The molecule has 1 atom stereocenters. The monoisotopic (exact) mass is 265 g/mol. The molecule has 0 aliphatic heterocycles. The van der Waals surface area contributed by atoms with Gasteiger partial charge in [0.2, 0.25) is 0 Å². The zero-order valence-electron chi connectivity index (χ0n) is 11.8. The standard InChI is InChI=1S/C15H23NO3/c1-11(2)10-13(15(17)18)16-8-9-19-14-7-5-4-6-12(14)3/h4-7,11,13,16H,8-10H2,1-3H3,(H,17,18). The van der Waals surface area contributed by atoms with Crippen LogP contribution in [0.25, 0.3) is 0 Å². The predicted molar refractivity (Wildman–Crippen MR) is 75.6 cm³/mol. The van der Waals surface area contributed by atoms with Crippen molar-refractivity contribution in [3.8, 4) is 5.75 Å². The number of benzene rings is 1. The maximum absolute atomic E-state index is 11.0. The summed E-state index contributed by atoms with van der Waals surface area (Å²) in [7, 11) is 0. The Morgan fingerprint density at radius 2 is 2.05 bits per heavy atom. The average molecular weight is 265 g/mol. The summed E-state index contributed by atoms with van der Waals surface area (Å²) in [5.74, 6) is 0.399.